The van der Waals surface area contributed by atoms with E-state index in [1.165, 1.54) is 32.1 Å². The summed E-state index contributed by atoms with van der Waals surface area (Å²) in [5.41, 5.74) is -0.415. The summed E-state index contributed by atoms with van der Waals surface area (Å²) in [5, 5.41) is 6.77. The van der Waals surface area contributed by atoms with Crippen molar-refractivity contribution in [2.75, 3.05) is 0 Å². The van der Waals surface area contributed by atoms with Gasteiger partial charge in [0, 0.05) is 18.1 Å². The highest BCUT2D eigenvalue weighted by molar-refractivity contribution is 5.68. The number of carbonyl (C=O) groups excluding carboxylic acids is 1. The highest BCUT2D eigenvalue weighted by Gasteiger charge is 2.34. The van der Waals surface area contributed by atoms with Gasteiger partial charge in [0.15, 0.2) is 0 Å². The number of ether oxygens (including phenoxy) is 1. The van der Waals surface area contributed by atoms with E-state index in [9.17, 15) is 4.79 Å². The van der Waals surface area contributed by atoms with Crippen LogP contribution in [0.15, 0.2) is 0 Å². The molecule has 2 fully saturated rings. The molecule has 2 atom stereocenters. The van der Waals surface area contributed by atoms with Crippen LogP contribution in [0, 0.1) is 5.92 Å². The van der Waals surface area contributed by atoms with Crippen LogP contribution in [0.1, 0.15) is 72.6 Å². The number of carbonyl (C=O) groups is 1. The van der Waals surface area contributed by atoms with Crippen molar-refractivity contribution in [3.8, 4) is 0 Å². The van der Waals surface area contributed by atoms with Gasteiger partial charge in [-0.15, -0.1) is 0 Å². The van der Waals surface area contributed by atoms with Gasteiger partial charge < -0.3 is 15.4 Å². The Balaban J connectivity index is 1.66. The molecule has 4 nitrogen and oxygen atoms in total. The van der Waals surface area contributed by atoms with Crippen LogP contribution in [-0.2, 0) is 4.74 Å². The van der Waals surface area contributed by atoms with Crippen molar-refractivity contribution in [1.29, 1.82) is 0 Å². The number of nitrogens with one attached hydrogen (secondary N) is 2. The van der Waals surface area contributed by atoms with Crippen molar-refractivity contribution in [2.45, 2.75) is 96.4 Å². The predicted octanol–water partition coefficient (Wildman–Crippen LogP) is 3.60. The fourth-order valence-electron chi connectivity index (χ4n) is 3.39. The van der Waals surface area contributed by atoms with E-state index in [0.717, 1.165) is 18.8 Å². The van der Waals surface area contributed by atoms with Crippen LogP contribution >= 0.6 is 0 Å². The summed E-state index contributed by atoms with van der Waals surface area (Å²) in [7, 11) is 0. The minimum atomic E-state index is -0.415. The number of amides is 1. The number of alkyl carbamates (subject to hydrolysis) is 1. The molecule has 2 saturated carbocycles. The molecular formula is C17H32N2O2. The first-order chi connectivity index (χ1) is 9.83. The second kappa shape index (κ2) is 6.99. The van der Waals surface area contributed by atoms with Crippen molar-refractivity contribution in [3.63, 3.8) is 0 Å². The van der Waals surface area contributed by atoms with E-state index in [1.807, 2.05) is 20.8 Å². The zero-order chi connectivity index (χ0) is 15.5. The van der Waals surface area contributed by atoms with Gasteiger partial charge in [-0.25, -0.2) is 4.79 Å². The van der Waals surface area contributed by atoms with Crippen molar-refractivity contribution in [1.82, 2.24) is 10.6 Å². The smallest absolute Gasteiger partial charge is 0.407 e. The highest BCUT2D eigenvalue weighted by Crippen LogP contribution is 2.27. The normalized spacial score (nSPS) is 33.7. The molecule has 2 unspecified atom stereocenters. The molecule has 0 bridgehead atoms. The number of hydrogen-bond acceptors (Lipinski definition) is 3. The molecule has 2 N–H and O–H groups in total. The quantitative estimate of drug-likeness (QED) is 0.782. The summed E-state index contributed by atoms with van der Waals surface area (Å²) in [5.74, 6) is 0.783. The van der Waals surface area contributed by atoms with Gasteiger partial charge in [-0.2, -0.15) is 0 Å². The van der Waals surface area contributed by atoms with Crippen LogP contribution in [0.5, 0.6) is 0 Å². The molecule has 2 aliphatic carbocycles. The molecule has 4 heteroatoms. The lowest BCUT2D eigenvalue weighted by Crippen LogP contribution is -2.56. The first-order valence-electron chi connectivity index (χ1n) is 8.59. The first kappa shape index (κ1) is 16.6. The zero-order valence-corrected chi connectivity index (χ0v) is 14.1. The van der Waals surface area contributed by atoms with Crippen LogP contribution in [-0.4, -0.2) is 29.8 Å². The molecule has 0 heterocycles. The van der Waals surface area contributed by atoms with Gasteiger partial charge in [0.05, 0.1) is 0 Å². The third kappa shape index (κ3) is 5.50. The van der Waals surface area contributed by atoms with E-state index >= 15 is 0 Å². The summed E-state index contributed by atoms with van der Waals surface area (Å²) in [6, 6.07) is 1.51. The summed E-state index contributed by atoms with van der Waals surface area (Å²) in [6.45, 7) is 8.06. The van der Waals surface area contributed by atoms with Crippen LogP contribution in [0.4, 0.5) is 4.79 Å². The van der Waals surface area contributed by atoms with E-state index in [0.29, 0.717) is 12.1 Å². The van der Waals surface area contributed by atoms with Crippen LogP contribution in [0.3, 0.4) is 0 Å². The standard InChI is InChI=1S/C17H32N2O2/c1-12-8-6-5-7-9-15(12)18-13-10-14(11-13)19-16(20)21-17(2,3)4/h12-15,18H,5-11H2,1-4H3,(H,19,20). The largest absolute Gasteiger partial charge is 0.444 e. The molecule has 0 spiro atoms. The maximum absolute atomic E-state index is 11.7. The molecule has 0 saturated heterocycles. The third-order valence-electron chi connectivity index (χ3n) is 4.67. The van der Waals surface area contributed by atoms with Crippen molar-refractivity contribution < 1.29 is 9.53 Å². The Morgan fingerprint density at radius 1 is 1.05 bits per heavy atom. The van der Waals surface area contributed by atoms with Gasteiger partial charge in [-0.05, 0) is 52.4 Å². The van der Waals surface area contributed by atoms with E-state index in [2.05, 4.69) is 17.6 Å². The second-order valence-electron chi connectivity index (χ2n) is 7.90. The molecule has 2 rings (SSSR count). The Morgan fingerprint density at radius 3 is 2.38 bits per heavy atom. The predicted molar refractivity (Wildman–Crippen MR) is 85.4 cm³/mol. The minimum absolute atomic E-state index is 0.276. The third-order valence-corrected chi connectivity index (χ3v) is 4.67. The summed E-state index contributed by atoms with van der Waals surface area (Å²) in [6.07, 6.45) is 8.56. The minimum Gasteiger partial charge on any atom is -0.444 e. The lowest BCUT2D eigenvalue weighted by molar-refractivity contribution is 0.0460. The van der Waals surface area contributed by atoms with E-state index < -0.39 is 5.60 Å². The average molecular weight is 296 g/mol. The molecule has 0 aromatic heterocycles. The van der Waals surface area contributed by atoms with E-state index in [4.69, 9.17) is 4.74 Å². The molecule has 0 aromatic carbocycles. The lowest BCUT2D eigenvalue weighted by Gasteiger charge is -2.40. The molecule has 122 valence electrons. The maximum atomic E-state index is 11.7. The van der Waals surface area contributed by atoms with Crippen molar-refractivity contribution >= 4 is 6.09 Å². The number of hydrogen-bond donors (Lipinski definition) is 2. The fraction of sp³-hybridized carbons (Fsp3) is 0.941. The topological polar surface area (TPSA) is 50.4 Å². The van der Waals surface area contributed by atoms with E-state index in [1.54, 1.807) is 0 Å². The molecule has 2 aliphatic rings. The van der Waals surface area contributed by atoms with Gasteiger partial charge in [0.2, 0.25) is 0 Å². The molecule has 21 heavy (non-hydrogen) atoms. The van der Waals surface area contributed by atoms with Gasteiger partial charge in [0.25, 0.3) is 0 Å². The Bertz CT molecular complexity index is 345. The van der Waals surface area contributed by atoms with Crippen molar-refractivity contribution in [2.24, 2.45) is 5.92 Å². The summed E-state index contributed by atoms with van der Waals surface area (Å²) >= 11 is 0. The Kier molecular flexibility index (Phi) is 5.53. The van der Waals surface area contributed by atoms with Crippen molar-refractivity contribution in [3.05, 3.63) is 0 Å². The summed E-state index contributed by atoms with van der Waals surface area (Å²) in [4.78, 5) is 11.7. The van der Waals surface area contributed by atoms with Gasteiger partial charge in [-0.3, -0.25) is 0 Å². The molecular weight excluding hydrogens is 264 g/mol. The van der Waals surface area contributed by atoms with E-state index in [-0.39, 0.29) is 12.1 Å². The average Bonchev–Trinajstić information content (AvgIpc) is 2.49. The molecule has 0 aromatic rings. The lowest BCUT2D eigenvalue weighted by atomic mass is 9.84. The second-order valence-corrected chi connectivity index (χ2v) is 7.90. The Morgan fingerprint density at radius 2 is 1.71 bits per heavy atom. The molecule has 0 radical (unpaired) electrons. The maximum Gasteiger partial charge on any atom is 0.407 e. The van der Waals surface area contributed by atoms with Crippen LogP contribution in [0.2, 0.25) is 0 Å². The van der Waals surface area contributed by atoms with Crippen LogP contribution < -0.4 is 10.6 Å². The first-order valence-corrected chi connectivity index (χ1v) is 8.59. The highest BCUT2D eigenvalue weighted by atomic mass is 16.6. The van der Waals surface area contributed by atoms with Gasteiger partial charge in [-0.1, -0.05) is 26.2 Å². The van der Waals surface area contributed by atoms with Gasteiger partial charge in [0.1, 0.15) is 5.60 Å². The summed E-state index contributed by atoms with van der Waals surface area (Å²) < 4.78 is 5.29. The zero-order valence-electron chi connectivity index (χ0n) is 14.1. The van der Waals surface area contributed by atoms with Crippen LogP contribution in [0.25, 0.3) is 0 Å². The Hall–Kier alpha value is -0.770. The monoisotopic (exact) mass is 296 g/mol. The fourth-order valence-corrected chi connectivity index (χ4v) is 3.39. The number of rotatable bonds is 3. The SMILES string of the molecule is CC1CCCCCC1NC1CC(NC(=O)OC(C)(C)C)C1. The van der Waals surface area contributed by atoms with Gasteiger partial charge >= 0.3 is 6.09 Å². The Labute approximate surface area is 129 Å². The molecule has 1 amide bonds. The molecule has 0 aliphatic heterocycles.